The number of phenols is 1. The Morgan fingerprint density at radius 3 is 2.86 bits per heavy atom. The number of rotatable bonds is 1. The van der Waals surface area contributed by atoms with Crippen molar-refractivity contribution < 1.29 is 10.2 Å². The lowest BCUT2D eigenvalue weighted by molar-refractivity contribution is 0.0562. The number of aliphatic hydroxyl groups is 1. The summed E-state index contributed by atoms with van der Waals surface area (Å²) in [6, 6.07) is 5.04. The van der Waals surface area contributed by atoms with Crippen molar-refractivity contribution in [1.29, 1.82) is 0 Å². The number of phenolic OH excluding ortho intramolecular Hbond substituents is 1. The Balaban J connectivity index is 2.45. The van der Waals surface area contributed by atoms with Crippen LogP contribution in [-0.2, 0) is 5.60 Å². The molecule has 0 spiro atoms. The third kappa shape index (κ3) is 1.47. The maximum absolute atomic E-state index is 10.2. The van der Waals surface area contributed by atoms with Crippen molar-refractivity contribution in [1.82, 2.24) is 5.32 Å². The van der Waals surface area contributed by atoms with Crippen LogP contribution in [0.1, 0.15) is 12.0 Å². The molecule has 2 rings (SSSR count). The molecule has 0 radical (unpaired) electrons. The minimum atomic E-state index is -0.977. The number of hydrogen-bond donors (Lipinski definition) is 3. The Kier molecular flexibility index (Phi) is 2.39. The Morgan fingerprint density at radius 2 is 2.21 bits per heavy atom. The van der Waals surface area contributed by atoms with E-state index in [2.05, 4.69) is 5.32 Å². The predicted octanol–water partition coefficient (Wildman–Crippen LogP) is 1.23. The zero-order valence-electron chi connectivity index (χ0n) is 7.63. The van der Waals surface area contributed by atoms with E-state index in [4.69, 9.17) is 11.6 Å². The van der Waals surface area contributed by atoms with Gasteiger partial charge in [0.1, 0.15) is 11.4 Å². The van der Waals surface area contributed by atoms with Gasteiger partial charge in [0.2, 0.25) is 0 Å². The molecule has 4 heteroatoms. The number of nitrogens with one attached hydrogen (secondary N) is 1. The van der Waals surface area contributed by atoms with Gasteiger partial charge >= 0.3 is 0 Å². The second kappa shape index (κ2) is 3.42. The topological polar surface area (TPSA) is 52.5 Å². The monoisotopic (exact) mass is 213 g/mol. The molecular formula is C10H12ClNO2. The van der Waals surface area contributed by atoms with Crippen LogP contribution < -0.4 is 5.32 Å². The molecule has 3 nitrogen and oxygen atoms in total. The standard InChI is InChI=1S/C10H12ClNO2/c11-8-3-1-2-7(9(8)13)10(14)4-5-12-6-10/h1-3,12-14H,4-6H2. The summed E-state index contributed by atoms with van der Waals surface area (Å²) < 4.78 is 0. The van der Waals surface area contributed by atoms with Gasteiger partial charge in [-0.05, 0) is 19.0 Å². The van der Waals surface area contributed by atoms with Crippen LogP contribution in [-0.4, -0.2) is 23.3 Å². The van der Waals surface area contributed by atoms with Gasteiger partial charge in [-0.3, -0.25) is 0 Å². The molecule has 1 aliphatic rings. The molecule has 1 aromatic carbocycles. The molecule has 0 bridgehead atoms. The lowest BCUT2D eigenvalue weighted by atomic mass is 9.92. The van der Waals surface area contributed by atoms with Crippen LogP contribution in [0.25, 0.3) is 0 Å². The van der Waals surface area contributed by atoms with Gasteiger partial charge in [0.05, 0.1) is 5.02 Å². The van der Waals surface area contributed by atoms with Crippen LogP contribution >= 0.6 is 11.6 Å². The average Bonchev–Trinajstić information content (AvgIpc) is 2.58. The van der Waals surface area contributed by atoms with Crippen molar-refractivity contribution in [3.05, 3.63) is 28.8 Å². The van der Waals surface area contributed by atoms with Gasteiger partial charge in [-0.25, -0.2) is 0 Å². The maximum Gasteiger partial charge on any atom is 0.140 e. The normalized spacial score (nSPS) is 26.7. The summed E-state index contributed by atoms with van der Waals surface area (Å²) in [7, 11) is 0. The van der Waals surface area contributed by atoms with Crippen LogP contribution in [0.5, 0.6) is 5.75 Å². The van der Waals surface area contributed by atoms with Crippen molar-refractivity contribution in [3.8, 4) is 5.75 Å². The Labute approximate surface area is 87.3 Å². The van der Waals surface area contributed by atoms with Crippen molar-refractivity contribution in [2.75, 3.05) is 13.1 Å². The minimum Gasteiger partial charge on any atom is -0.506 e. The molecule has 76 valence electrons. The maximum atomic E-state index is 10.2. The van der Waals surface area contributed by atoms with Gasteiger partial charge in [0.15, 0.2) is 0 Å². The van der Waals surface area contributed by atoms with Crippen LogP contribution in [0, 0.1) is 0 Å². The Bertz CT molecular complexity index is 348. The molecule has 0 aliphatic carbocycles. The molecule has 0 aromatic heterocycles. The highest BCUT2D eigenvalue weighted by atomic mass is 35.5. The van der Waals surface area contributed by atoms with E-state index in [1.54, 1.807) is 18.2 Å². The second-order valence-corrected chi connectivity index (χ2v) is 4.00. The fraction of sp³-hybridized carbons (Fsp3) is 0.400. The van der Waals surface area contributed by atoms with E-state index in [-0.39, 0.29) is 10.8 Å². The smallest absolute Gasteiger partial charge is 0.140 e. The number of aromatic hydroxyl groups is 1. The van der Waals surface area contributed by atoms with Crippen molar-refractivity contribution in [2.24, 2.45) is 0 Å². The molecule has 1 atom stereocenters. The highest BCUT2D eigenvalue weighted by Crippen LogP contribution is 2.37. The molecule has 1 aliphatic heterocycles. The number of hydrogen-bond acceptors (Lipinski definition) is 3. The van der Waals surface area contributed by atoms with Crippen LogP contribution in [0.3, 0.4) is 0 Å². The van der Waals surface area contributed by atoms with Crippen LogP contribution in [0.4, 0.5) is 0 Å². The lowest BCUT2D eigenvalue weighted by Gasteiger charge is -2.23. The Morgan fingerprint density at radius 1 is 1.43 bits per heavy atom. The largest absolute Gasteiger partial charge is 0.506 e. The van der Waals surface area contributed by atoms with Gasteiger partial charge in [-0.15, -0.1) is 0 Å². The van der Waals surface area contributed by atoms with Crippen molar-refractivity contribution in [2.45, 2.75) is 12.0 Å². The van der Waals surface area contributed by atoms with E-state index in [1.807, 2.05) is 0 Å². The molecule has 1 saturated heterocycles. The van der Waals surface area contributed by atoms with E-state index in [1.165, 1.54) is 0 Å². The first-order valence-electron chi connectivity index (χ1n) is 4.54. The molecule has 1 heterocycles. The summed E-state index contributed by atoms with van der Waals surface area (Å²) in [6.07, 6.45) is 0.598. The first-order chi connectivity index (χ1) is 6.63. The molecule has 1 aromatic rings. The van der Waals surface area contributed by atoms with Gasteiger partial charge in [-0.1, -0.05) is 23.7 Å². The van der Waals surface area contributed by atoms with Gasteiger partial charge in [0, 0.05) is 12.1 Å². The predicted molar refractivity (Wildman–Crippen MR) is 54.5 cm³/mol. The highest BCUT2D eigenvalue weighted by Gasteiger charge is 2.35. The van der Waals surface area contributed by atoms with Gasteiger partial charge < -0.3 is 15.5 Å². The van der Waals surface area contributed by atoms with Crippen molar-refractivity contribution in [3.63, 3.8) is 0 Å². The third-order valence-corrected chi connectivity index (χ3v) is 2.93. The summed E-state index contributed by atoms with van der Waals surface area (Å²) in [4.78, 5) is 0. The minimum absolute atomic E-state index is 0.0135. The van der Waals surface area contributed by atoms with E-state index >= 15 is 0 Å². The first kappa shape index (κ1) is 9.77. The van der Waals surface area contributed by atoms with E-state index in [9.17, 15) is 10.2 Å². The van der Waals surface area contributed by atoms with Crippen molar-refractivity contribution >= 4 is 11.6 Å². The molecule has 0 amide bonds. The number of para-hydroxylation sites is 1. The van der Waals surface area contributed by atoms with Crippen LogP contribution in [0.15, 0.2) is 18.2 Å². The third-order valence-electron chi connectivity index (χ3n) is 2.62. The summed E-state index contributed by atoms with van der Waals surface area (Å²) >= 11 is 5.77. The van der Waals surface area contributed by atoms with E-state index in [0.29, 0.717) is 18.5 Å². The summed E-state index contributed by atoms with van der Waals surface area (Å²) in [5.74, 6) is -0.0135. The molecule has 0 saturated carbocycles. The van der Waals surface area contributed by atoms with Crippen LogP contribution in [0.2, 0.25) is 5.02 Å². The summed E-state index contributed by atoms with van der Waals surface area (Å²) in [5.41, 5.74) is -0.468. The molecule has 14 heavy (non-hydrogen) atoms. The van der Waals surface area contributed by atoms with E-state index < -0.39 is 5.60 Å². The number of β-amino-alcohol motifs (C(OH)–C–C–N with tert-alkyl or cyclic N) is 1. The lowest BCUT2D eigenvalue weighted by Crippen LogP contribution is -2.28. The van der Waals surface area contributed by atoms with Gasteiger partial charge in [0.25, 0.3) is 0 Å². The fourth-order valence-corrected chi connectivity index (χ4v) is 1.97. The highest BCUT2D eigenvalue weighted by molar-refractivity contribution is 6.32. The zero-order valence-corrected chi connectivity index (χ0v) is 8.38. The number of benzene rings is 1. The second-order valence-electron chi connectivity index (χ2n) is 3.59. The molecule has 1 unspecified atom stereocenters. The molecule has 1 fully saturated rings. The van der Waals surface area contributed by atoms with Gasteiger partial charge in [-0.2, -0.15) is 0 Å². The summed E-state index contributed by atoms with van der Waals surface area (Å²) in [5, 5.41) is 23.2. The Hall–Kier alpha value is -0.770. The van der Waals surface area contributed by atoms with E-state index in [0.717, 1.165) is 6.54 Å². The molecule has 3 N–H and O–H groups in total. The number of halogens is 1. The first-order valence-corrected chi connectivity index (χ1v) is 4.92. The quantitative estimate of drug-likeness (QED) is 0.658. The zero-order chi connectivity index (χ0) is 10.2. The molecular weight excluding hydrogens is 202 g/mol. The SMILES string of the molecule is Oc1c(Cl)cccc1C1(O)CCNC1. The fourth-order valence-electron chi connectivity index (χ4n) is 1.80. The average molecular weight is 214 g/mol. The summed E-state index contributed by atoms with van der Waals surface area (Å²) in [6.45, 7) is 1.21.